The van der Waals surface area contributed by atoms with E-state index in [1.54, 1.807) is 0 Å². The monoisotopic (exact) mass is 271 g/mol. The predicted octanol–water partition coefficient (Wildman–Crippen LogP) is 0.250. The normalized spacial score (nSPS) is 11.2. The summed E-state index contributed by atoms with van der Waals surface area (Å²) in [5.74, 6) is -2.23. The molecule has 0 fully saturated rings. The van der Waals surface area contributed by atoms with Crippen LogP contribution in [-0.2, 0) is 9.59 Å². The third-order valence-electron chi connectivity index (χ3n) is 2.38. The molecular weight excluding hydrogens is 254 g/mol. The molecule has 0 aromatic carbocycles. The van der Waals surface area contributed by atoms with Crippen LogP contribution in [0.25, 0.3) is 0 Å². The van der Waals surface area contributed by atoms with Gasteiger partial charge >= 0.3 is 18.0 Å². The van der Waals surface area contributed by atoms with E-state index in [0.717, 1.165) is 0 Å². The molecule has 0 unspecified atom stereocenters. The smallest absolute Gasteiger partial charge is 0.326 e. The van der Waals surface area contributed by atoms with Gasteiger partial charge in [0.15, 0.2) is 0 Å². The van der Waals surface area contributed by atoms with Crippen molar-refractivity contribution in [3.8, 4) is 6.07 Å². The number of aliphatic carboxylic acids is 2. The van der Waals surface area contributed by atoms with Gasteiger partial charge in [0.1, 0.15) is 6.04 Å². The van der Waals surface area contributed by atoms with E-state index in [1.807, 2.05) is 6.07 Å². The van der Waals surface area contributed by atoms with E-state index in [2.05, 4.69) is 5.32 Å². The minimum absolute atomic E-state index is 0.0411. The van der Waals surface area contributed by atoms with E-state index in [1.165, 1.54) is 11.9 Å². The average molecular weight is 271 g/mol. The van der Waals surface area contributed by atoms with Crippen molar-refractivity contribution in [1.82, 2.24) is 10.2 Å². The van der Waals surface area contributed by atoms with Crippen LogP contribution >= 0.6 is 0 Å². The second-order valence-corrected chi connectivity index (χ2v) is 3.96. The standard InChI is InChI=1S/C11H17N3O5/c1-14(7-3-6-12)11(19)13-8(10(17)18)4-2-5-9(15)16/h8H,2-5,7H2,1H3,(H,13,19)(H,15,16)(H,17,18)/t8-/m1/s1. The zero-order chi connectivity index (χ0) is 14.8. The lowest BCUT2D eigenvalue weighted by Gasteiger charge is -2.20. The highest BCUT2D eigenvalue weighted by Crippen LogP contribution is 2.02. The summed E-state index contributed by atoms with van der Waals surface area (Å²) in [7, 11) is 1.45. The van der Waals surface area contributed by atoms with Gasteiger partial charge in [-0.1, -0.05) is 0 Å². The zero-order valence-corrected chi connectivity index (χ0v) is 10.6. The fourth-order valence-electron chi connectivity index (χ4n) is 1.29. The second-order valence-electron chi connectivity index (χ2n) is 3.96. The molecule has 0 aliphatic carbocycles. The van der Waals surface area contributed by atoms with Crippen molar-refractivity contribution in [3.05, 3.63) is 0 Å². The summed E-state index contributed by atoms with van der Waals surface area (Å²) in [6, 6.07) is 0.146. The number of amides is 2. The largest absolute Gasteiger partial charge is 0.481 e. The van der Waals surface area contributed by atoms with Gasteiger partial charge in [-0.05, 0) is 12.8 Å². The van der Waals surface area contributed by atoms with Crippen molar-refractivity contribution in [2.24, 2.45) is 0 Å². The van der Waals surface area contributed by atoms with Crippen molar-refractivity contribution in [2.75, 3.05) is 13.6 Å². The minimum atomic E-state index is -1.22. The number of carbonyl (C=O) groups excluding carboxylic acids is 1. The molecule has 0 rings (SSSR count). The maximum atomic E-state index is 11.6. The molecule has 0 radical (unpaired) electrons. The van der Waals surface area contributed by atoms with Crippen LogP contribution in [0.3, 0.4) is 0 Å². The summed E-state index contributed by atoms with van der Waals surface area (Å²) in [4.78, 5) is 34.0. The Morgan fingerprint density at radius 1 is 1.37 bits per heavy atom. The summed E-state index contributed by atoms with van der Waals surface area (Å²) < 4.78 is 0. The number of carbonyl (C=O) groups is 3. The first-order valence-corrected chi connectivity index (χ1v) is 5.71. The van der Waals surface area contributed by atoms with Crippen molar-refractivity contribution in [3.63, 3.8) is 0 Å². The maximum Gasteiger partial charge on any atom is 0.326 e. The van der Waals surface area contributed by atoms with Gasteiger partial charge in [0.05, 0.1) is 12.5 Å². The van der Waals surface area contributed by atoms with Gasteiger partial charge in [-0.15, -0.1) is 0 Å². The quantitative estimate of drug-likeness (QED) is 0.580. The van der Waals surface area contributed by atoms with Crippen molar-refractivity contribution in [2.45, 2.75) is 31.7 Å². The van der Waals surface area contributed by atoms with Crippen molar-refractivity contribution < 1.29 is 24.6 Å². The van der Waals surface area contributed by atoms with Crippen LogP contribution < -0.4 is 5.32 Å². The van der Waals surface area contributed by atoms with E-state index in [0.29, 0.717) is 0 Å². The molecule has 3 N–H and O–H groups in total. The third-order valence-corrected chi connectivity index (χ3v) is 2.38. The number of nitriles is 1. The highest BCUT2D eigenvalue weighted by atomic mass is 16.4. The molecule has 0 saturated carbocycles. The molecule has 8 nitrogen and oxygen atoms in total. The van der Waals surface area contributed by atoms with Crippen LogP contribution in [0.1, 0.15) is 25.7 Å². The Morgan fingerprint density at radius 3 is 2.47 bits per heavy atom. The Labute approximate surface area is 110 Å². The summed E-state index contributed by atoms with van der Waals surface area (Å²) in [6.45, 7) is 0.198. The number of urea groups is 1. The van der Waals surface area contributed by atoms with Crippen LogP contribution in [0.15, 0.2) is 0 Å². The van der Waals surface area contributed by atoms with Crippen molar-refractivity contribution in [1.29, 1.82) is 5.26 Å². The average Bonchev–Trinajstić information content (AvgIpc) is 2.33. The van der Waals surface area contributed by atoms with Gasteiger partial charge < -0.3 is 20.4 Å². The fraction of sp³-hybridized carbons (Fsp3) is 0.636. The highest BCUT2D eigenvalue weighted by molar-refractivity contribution is 5.82. The van der Waals surface area contributed by atoms with E-state index in [-0.39, 0.29) is 32.2 Å². The number of carboxylic acid groups (broad SMARTS) is 2. The summed E-state index contributed by atoms with van der Waals surface area (Å²) in [5, 5.41) is 28.0. The molecule has 0 aliphatic rings. The molecule has 1 atom stereocenters. The molecule has 2 amide bonds. The Morgan fingerprint density at radius 2 is 2.00 bits per heavy atom. The molecule has 8 heteroatoms. The molecule has 0 aromatic rings. The fourth-order valence-corrected chi connectivity index (χ4v) is 1.29. The van der Waals surface area contributed by atoms with Gasteiger partial charge in [0.25, 0.3) is 0 Å². The summed E-state index contributed by atoms with van der Waals surface area (Å²) in [6.07, 6.45) is 0.207. The van der Waals surface area contributed by atoms with Gasteiger partial charge in [0.2, 0.25) is 0 Å². The van der Waals surface area contributed by atoms with Gasteiger partial charge in [0, 0.05) is 20.0 Å². The topological polar surface area (TPSA) is 131 Å². The first kappa shape index (κ1) is 16.7. The van der Waals surface area contributed by atoms with Gasteiger partial charge in [-0.3, -0.25) is 4.79 Å². The van der Waals surface area contributed by atoms with Crippen LogP contribution in [0.2, 0.25) is 0 Å². The van der Waals surface area contributed by atoms with Gasteiger partial charge in [-0.2, -0.15) is 5.26 Å². The molecule has 0 aromatic heterocycles. The van der Waals surface area contributed by atoms with E-state index in [9.17, 15) is 14.4 Å². The number of nitrogens with zero attached hydrogens (tertiary/aromatic N) is 2. The Hall–Kier alpha value is -2.30. The lowest BCUT2D eigenvalue weighted by atomic mass is 10.1. The number of carboxylic acids is 2. The number of rotatable bonds is 8. The number of hydrogen-bond acceptors (Lipinski definition) is 4. The van der Waals surface area contributed by atoms with E-state index < -0.39 is 24.0 Å². The first-order valence-electron chi connectivity index (χ1n) is 5.71. The molecule has 0 bridgehead atoms. The predicted molar refractivity (Wildman–Crippen MR) is 64.3 cm³/mol. The third kappa shape index (κ3) is 7.59. The van der Waals surface area contributed by atoms with Gasteiger partial charge in [-0.25, -0.2) is 9.59 Å². The number of hydrogen-bond donors (Lipinski definition) is 3. The molecule has 0 spiro atoms. The molecule has 0 saturated heterocycles. The van der Waals surface area contributed by atoms with E-state index >= 15 is 0 Å². The highest BCUT2D eigenvalue weighted by Gasteiger charge is 2.21. The minimum Gasteiger partial charge on any atom is -0.481 e. The Bertz CT molecular complexity index is 377. The molecule has 106 valence electrons. The SMILES string of the molecule is CN(CCC#N)C(=O)N[C@H](CCCC(=O)O)C(=O)O. The van der Waals surface area contributed by atoms with Crippen LogP contribution in [0.4, 0.5) is 4.79 Å². The molecule has 0 heterocycles. The Balaban J connectivity index is 4.26. The summed E-state index contributed by atoms with van der Waals surface area (Å²) >= 11 is 0. The second kappa shape index (κ2) is 8.74. The van der Waals surface area contributed by atoms with Crippen molar-refractivity contribution >= 4 is 18.0 Å². The summed E-state index contributed by atoms with van der Waals surface area (Å²) in [5.41, 5.74) is 0. The number of nitrogens with one attached hydrogen (secondary N) is 1. The zero-order valence-electron chi connectivity index (χ0n) is 10.6. The lowest BCUT2D eigenvalue weighted by Crippen LogP contribution is -2.46. The maximum absolute atomic E-state index is 11.6. The molecule has 0 aliphatic heterocycles. The molecule has 19 heavy (non-hydrogen) atoms. The Kier molecular flexibility index (Phi) is 7.68. The van der Waals surface area contributed by atoms with E-state index in [4.69, 9.17) is 15.5 Å². The van der Waals surface area contributed by atoms with Crippen LogP contribution in [0, 0.1) is 11.3 Å². The molecular formula is C11H17N3O5. The van der Waals surface area contributed by atoms with Crippen LogP contribution in [-0.4, -0.2) is 52.7 Å². The first-order chi connectivity index (χ1) is 8.88. The lowest BCUT2D eigenvalue weighted by molar-refractivity contribution is -0.140. The van der Waals surface area contributed by atoms with Crippen LogP contribution in [0.5, 0.6) is 0 Å².